The van der Waals surface area contributed by atoms with E-state index in [2.05, 4.69) is 15.3 Å². The first kappa shape index (κ1) is 19.1. The molecule has 3 rings (SSSR count). The van der Waals surface area contributed by atoms with Gasteiger partial charge in [0.25, 0.3) is 5.56 Å². The van der Waals surface area contributed by atoms with Crippen LogP contribution in [0.4, 0.5) is 0 Å². The fourth-order valence-electron chi connectivity index (χ4n) is 2.66. The standard InChI is InChI=1S/C20H22N4O2S/c1-13(2)22-18(25)14(3)27-20-23-17-9-5-4-8-16(17)19(26)24(20)12-15-7-6-10-21-11-15/h4-11,13-14H,12H2,1-3H3,(H,22,25). The molecule has 2 aromatic heterocycles. The van der Waals surface area contributed by atoms with Crippen molar-refractivity contribution in [1.82, 2.24) is 19.9 Å². The Morgan fingerprint density at radius 3 is 2.67 bits per heavy atom. The lowest BCUT2D eigenvalue weighted by molar-refractivity contribution is -0.120. The van der Waals surface area contributed by atoms with E-state index in [4.69, 9.17) is 0 Å². The van der Waals surface area contributed by atoms with Crippen LogP contribution in [-0.2, 0) is 11.3 Å². The number of carbonyl (C=O) groups excluding carboxylic acids is 1. The number of benzene rings is 1. The van der Waals surface area contributed by atoms with E-state index in [0.29, 0.717) is 22.6 Å². The van der Waals surface area contributed by atoms with E-state index in [1.54, 1.807) is 23.0 Å². The summed E-state index contributed by atoms with van der Waals surface area (Å²) in [6, 6.07) is 11.1. The predicted octanol–water partition coefficient (Wildman–Crippen LogP) is 2.85. The molecule has 1 aromatic carbocycles. The molecule has 7 heteroatoms. The molecule has 1 unspecified atom stereocenters. The summed E-state index contributed by atoms with van der Waals surface area (Å²) in [6.45, 7) is 6.01. The van der Waals surface area contributed by atoms with Crippen LogP contribution in [0.2, 0.25) is 0 Å². The van der Waals surface area contributed by atoms with E-state index in [1.165, 1.54) is 11.8 Å². The normalized spacial score (nSPS) is 12.3. The van der Waals surface area contributed by atoms with Crippen LogP contribution in [-0.4, -0.2) is 31.7 Å². The second-order valence-electron chi connectivity index (χ2n) is 6.59. The van der Waals surface area contributed by atoms with Crippen molar-refractivity contribution in [2.75, 3.05) is 0 Å². The summed E-state index contributed by atoms with van der Waals surface area (Å²) in [6.07, 6.45) is 3.42. The second-order valence-corrected chi connectivity index (χ2v) is 7.90. The van der Waals surface area contributed by atoms with E-state index in [9.17, 15) is 9.59 Å². The van der Waals surface area contributed by atoms with Crippen LogP contribution in [0.1, 0.15) is 26.3 Å². The highest BCUT2D eigenvalue weighted by Crippen LogP contribution is 2.23. The molecule has 3 aromatic rings. The second kappa shape index (κ2) is 8.35. The summed E-state index contributed by atoms with van der Waals surface area (Å²) >= 11 is 1.29. The molecule has 0 saturated heterocycles. The van der Waals surface area contributed by atoms with Crippen molar-refractivity contribution in [3.8, 4) is 0 Å². The lowest BCUT2D eigenvalue weighted by Gasteiger charge is -2.17. The summed E-state index contributed by atoms with van der Waals surface area (Å²) < 4.78 is 1.61. The Morgan fingerprint density at radius 1 is 1.19 bits per heavy atom. The zero-order valence-electron chi connectivity index (χ0n) is 15.5. The molecular formula is C20H22N4O2S. The number of amides is 1. The van der Waals surface area contributed by atoms with Crippen LogP contribution in [0.15, 0.2) is 58.7 Å². The van der Waals surface area contributed by atoms with Crippen LogP contribution in [0.3, 0.4) is 0 Å². The van der Waals surface area contributed by atoms with Gasteiger partial charge in [-0.05, 0) is 44.5 Å². The van der Waals surface area contributed by atoms with Crippen molar-refractivity contribution in [3.05, 3.63) is 64.7 Å². The number of nitrogens with one attached hydrogen (secondary N) is 1. The minimum absolute atomic E-state index is 0.0581. The highest BCUT2D eigenvalue weighted by atomic mass is 32.2. The van der Waals surface area contributed by atoms with Crippen molar-refractivity contribution in [2.24, 2.45) is 0 Å². The monoisotopic (exact) mass is 382 g/mol. The Morgan fingerprint density at radius 2 is 1.96 bits per heavy atom. The van der Waals surface area contributed by atoms with Gasteiger partial charge in [-0.3, -0.25) is 19.1 Å². The van der Waals surface area contributed by atoms with E-state index < -0.39 is 0 Å². The summed E-state index contributed by atoms with van der Waals surface area (Å²) in [5, 5.41) is 3.61. The van der Waals surface area contributed by atoms with Gasteiger partial charge in [0.05, 0.1) is 22.7 Å². The van der Waals surface area contributed by atoms with E-state index >= 15 is 0 Å². The Kier molecular flexibility index (Phi) is 5.91. The van der Waals surface area contributed by atoms with Crippen molar-refractivity contribution < 1.29 is 4.79 Å². The fraction of sp³-hybridized carbons (Fsp3) is 0.300. The van der Waals surface area contributed by atoms with Crippen LogP contribution >= 0.6 is 11.8 Å². The molecule has 0 aliphatic rings. The number of thioether (sulfide) groups is 1. The third-order valence-electron chi connectivity index (χ3n) is 3.97. The summed E-state index contributed by atoms with van der Waals surface area (Å²) in [4.78, 5) is 34.2. The van der Waals surface area contributed by atoms with E-state index in [1.807, 2.05) is 51.1 Å². The smallest absolute Gasteiger partial charge is 0.262 e. The zero-order chi connectivity index (χ0) is 19.4. The van der Waals surface area contributed by atoms with Crippen molar-refractivity contribution in [2.45, 2.75) is 43.8 Å². The number of nitrogens with zero attached hydrogens (tertiary/aromatic N) is 3. The molecule has 27 heavy (non-hydrogen) atoms. The topological polar surface area (TPSA) is 76.9 Å². The molecule has 1 N–H and O–H groups in total. The molecule has 2 heterocycles. The van der Waals surface area contributed by atoms with Crippen molar-refractivity contribution in [1.29, 1.82) is 0 Å². The molecule has 0 spiro atoms. The van der Waals surface area contributed by atoms with Crippen LogP contribution in [0, 0.1) is 0 Å². The maximum atomic E-state index is 13.1. The molecule has 0 radical (unpaired) electrons. The number of hydrogen-bond donors (Lipinski definition) is 1. The fourth-order valence-corrected chi connectivity index (χ4v) is 3.58. The maximum Gasteiger partial charge on any atom is 0.262 e. The van der Waals surface area contributed by atoms with E-state index in [0.717, 1.165) is 5.56 Å². The molecule has 6 nitrogen and oxygen atoms in total. The molecule has 0 saturated carbocycles. The number of rotatable bonds is 6. The largest absolute Gasteiger partial charge is 0.353 e. The van der Waals surface area contributed by atoms with Gasteiger partial charge in [-0.2, -0.15) is 0 Å². The van der Waals surface area contributed by atoms with Crippen LogP contribution < -0.4 is 10.9 Å². The summed E-state index contributed by atoms with van der Waals surface area (Å²) in [5.74, 6) is -0.0784. The molecular weight excluding hydrogens is 360 g/mol. The molecule has 0 aliphatic carbocycles. The van der Waals surface area contributed by atoms with Gasteiger partial charge < -0.3 is 5.32 Å². The molecule has 0 fully saturated rings. The average molecular weight is 382 g/mol. The average Bonchev–Trinajstić information content (AvgIpc) is 2.65. The first-order valence-electron chi connectivity index (χ1n) is 8.81. The summed E-state index contributed by atoms with van der Waals surface area (Å²) in [7, 11) is 0. The first-order chi connectivity index (χ1) is 13.0. The molecule has 0 aliphatic heterocycles. The van der Waals surface area contributed by atoms with Crippen LogP contribution in [0.5, 0.6) is 0 Å². The third-order valence-corrected chi connectivity index (χ3v) is 5.06. The first-order valence-corrected chi connectivity index (χ1v) is 9.69. The van der Waals surface area contributed by atoms with Gasteiger partial charge in [0, 0.05) is 18.4 Å². The van der Waals surface area contributed by atoms with Gasteiger partial charge in [-0.25, -0.2) is 4.98 Å². The van der Waals surface area contributed by atoms with E-state index in [-0.39, 0.29) is 22.8 Å². The number of pyridine rings is 1. The van der Waals surface area contributed by atoms with Gasteiger partial charge in [-0.1, -0.05) is 30.0 Å². The predicted molar refractivity (Wildman–Crippen MR) is 108 cm³/mol. The number of aromatic nitrogens is 3. The molecule has 1 atom stereocenters. The number of hydrogen-bond acceptors (Lipinski definition) is 5. The zero-order valence-corrected chi connectivity index (χ0v) is 16.4. The minimum Gasteiger partial charge on any atom is -0.353 e. The molecule has 140 valence electrons. The van der Waals surface area contributed by atoms with Gasteiger partial charge in [0.1, 0.15) is 0 Å². The number of fused-ring (bicyclic) bond motifs is 1. The van der Waals surface area contributed by atoms with Crippen molar-refractivity contribution >= 4 is 28.6 Å². The third kappa shape index (κ3) is 4.54. The Hall–Kier alpha value is -2.67. The quantitative estimate of drug-likeness (QED) is 0.524. The Labute approximate surface area is 162 Å². The van der Waals surface area contributed by atoms with Gasteiger partial charge in [0.15, 0.2) is 5.16 Å². The van der Waals surface area contributed by atoms with Gasteiger partial charge in [0.2, 0.25) is 5.91 Å². The molecule has 1 amide bonds. The Bertz CT molecular complexity index is 1000. The van der Waals surface area contributed by atoms with Gasteiger partial charge >= 0.3 is 0 Å². The molecule has 0 bridgehead atoms. The van der Waals surface area contributed by atoms with Crippen LogP contribution in [0.25, 0.3) is 10.9 Å². The highest BCUT2D eigenvalue weighted by molar-refractivity contribution is 8.00. The maximum absolute atomic E-state index is 13.1. The van der Waals surface area contributed by atoms with Gasteiger partial charge in [-0.15, -0.1) is 0 Å². The minimum atomic E-state index is -0.374. The lowest BCUT2D eigenvalue weighted by atomic mass is 10.2. The highest BCUT2D eigenvalue weighted by Gasteiger charge is 2.20. The number of carbonyl (C=O) groups is 1. The summed E-state index contributed by atoms with van der Waals surface area (Å²) in [5.41, 5.74) is 1.41. The number of para-hydroxylation sites is 1. The van der Waals surface area contributed by atoms with Crippen molar-refractivity contribution in [3.63, 3.8) is 0 Å². The Balaban J connectivity index is 2.02. The lowest BCUT2D eigenvalue weighted by Crippen LogP contribution is -2.36. The SMILES string of the molecule is CC(C)NC(=O)C(C)Sc1nc2ccccc2c(=O)n1Cc1cccnc1.